The smallest absolute Gasteiger partial charge is 0.330 e. The lowest BCUT2D eigenvalue weighted by Gasteiger charge is -2.27. The number of hydrogen-bond donors (Lipinski definition) is 2. The van der Waals surface area contributed by atoms with Crippen LogP contribution in [0, 0.1) is 0 Å². The highest BCUT2D eigenvalue weighted by Crippen LogP contribution is 2.21. The summed E-state index contributed by atoms with van der Waals surface area (Å²) in [5, 5.41) is 2.97. The molecule has 1 aliphatic heterocycles. The van der Waals surface area contributed by atoms with E-state index >= 15 is 0 Å². The lowest BCUT2D eigenvalue weighted by atomic mass is 10.2. The standard InChI is InChI=1S/C21H33N7O3S/c1-3-5-11-27(17-18(22)28(8-4-2)20(31)24-19(17)30)16(29)15-25-9-6-10-26(13-12-25)21-23-7-14-32-21/h7,14H,3-6,8-13,15,22H2,1-2H3,(H,24,30,31). The van der Waals surface area contributed by atoms with Crippen LogP contribution in [0.2, 0.25) is 0 Å². The number of unbranched alkanes of at least 4 members (excludes halogenated alkanes) is 1. The van der Waals surface area contributed by atoms with E-state index in [1.54, 1.807) is 17.5 Å². The van der Waals surface area contributed by atoms with Crippen LogP contribution < -0.4 is 26.8 Å². The van der Waals surface area contributed by atoms with Crippen LogP contribution in [-0.2, 0) is 11.3 Å². The molecule has 0 radical (unpaired) electrons. The van der Waals surface area contributed by atoms with Gasteiger partial charge in [-0.05, 0) is 19.3 Å². The second-order valence-electron chi connectivity index (χ2n) is 7.98. The average Bonchev–Trinajstić information content (AvgIpc) is 3.20. The first kappa shape index (κ1) is 24.0. The van der Waals surface area contributed by atoms with Crippen LogP contribution >= 0.6 is 11.3 Å². The van der Waals surface area contributed by atoms with Gasteiger partial charge in [-0.2, -0.15) is 0 Å². The number of nitrogens with one attached hydrogen (secondary N) is 1. The van der Waals surface area contributed by atoms with Crippen LogP contribution in [0.25, 0.3) is 0 Å². The number of amides is 1. The molecule has 0 aromatic carbocycles. The number of rotatable bonds is 9. The molecule has 1 fully saturated rings. The molecule has 11 heteroatoms. The van der Waals surface area contributed by atoms with Crippen molar-refractivity contribution < 1.29 is 4.79 Å². The predicted octanol–water partition coefficient (Wildman–Crippen LogP) is 1.33. The summed E-state index contributed by atoms with van der Waals surface area (Å²) in [6, 6.07) is 0. The third-order valence-electron chi connectivity index (χ3n) is 5.60. The van der Waals surface area contributed by atoms with E-state index in [1.807, 2.05) is 19.2 Å². The molecular formula is C21H33N7O3S. The lowest BCUT2D eigenvalue weighted by Crippen LogP contribution is -2.46. The zero-order valence-corrected chi connectivity index (χ0v) is 19.7. The maximum Gasteiger partial charge on any atom is 0.330 e. The number of thiazole rings is 1. The van der Waals surface area contributed by atoms with Crippen molar-refractivity contribution in [3.05, 3.63) is 32.4 Å². The van der Waals surface area contributed by atoms with Crippen LogP contribution in [0.15, 0.2) is 21.2 Å². The SMILES string of the molecule is CCCCN(C(=O)CN1CCCN(c2nccs2)CC1)c1c(N)n(CCC)c(=O)[nH]c1=O. The number of aromatic nitrogens is 3. The quantitative estimate of drug-likeness (QED) is 0.575. The molecule has 176 valence electrons. The summed E-state index contributed by atoms with van der Waals surface area (Å²) in [5.41, 5.74) is 5.15. The second-order valence-corrected chi connectivity index (χ2v) is 8.85. The minimum atomic E-state index is -0.616. The van der Waals surface area contributed by atoms with Gasteiger partial charge >= 0.3 is 5.69 Å². The molecule has 0 unspecified atom stereocenters. The van der Waals surface area contributed by atoms with Gasteiger partial charge in [-0.3, -0.25) is 24.0 Å². The third kappa shape index (κ3) is 5.57. The van der Waals surface area contributed by atoms with Gasteiger partial charge in [0.2, 0.25) is 5.91 Å². The third-order valence-corrected chi connectivity index (χ3v) is 6.44. The van der Waals surface area contributed by atoms with Gasteiger partial charge in [-0.1, -0.05) is 20.3 Å². The summed E-state index contributed by atoms with van der Waals surface area (Å²) in [6.45, 7) is 8.11. The van der Waals surface area contributed by atoms with Crippen molar-refractivity contribution >= 4 is 33.9 Å². The van der Waals surface area contributed by atoms with Crippen molar-refractivity contribution in [1.29, 1.82) is 0 Å². The van der Waals surface area contributed by atoms with E-state index in [-0.39, 0.29) is 24.0 Å². The molecule has 0 atom stereocenters. The number of nitrogen functional groups attached to an aromatic ring is 1. The summed E-state index contributed by atoms with van der Waals surface area (Å²) < 4.78 is 1.33. The van der Waals surface area contributed by atoms with Gasteiger partial charge in [-0.25, -0.2) is 9.78 Å². The molecule has 2 aromatic heterocycles. The van der Waals surface area contributed by atoms with Crippen LogP contribution in [0.5, 0.6) is 0 Å². The molecule has 1 aliphatic rings. The molecule has 3 N–H and O–H groups in total. The summed E-state index contributed by atoms with van der Waals surface area (Å²) in [5.74, 6) is -0.129. The van der Waals surface area contributed by atoms with Crippen LogP contribution in [0.1, 0.15) is 39.5 Å². The molecule has 0 bridgehead atoms. The molecule has 0 saturated carbocycles. The Morgan fingerprint density at radius 3 is 2.72 bits per heavy atom. The molecule has 0 aliphatic carbocycles. The fourth-order valence-corrected chi connectivity index (χ4v) is 4.63. The summed E-state index contributed by atoms with van der Waals surface area (Å²) in [4.78, 5) is 50.8. The molecule has 3 heterocycles. The van der Waals surface area contributed by atoms with E-state index in [9.17, 15) is 14.4 Å². The van der Waals surface area contributed by atoms with Crippen molar-refractivity contribution in [2.75, 3.05) is 54.8 Å². The average molecular weight is 464 g/mol. The highest BCUT2D eigenvalue weighted by atomic mass is 32.1. The Bertz CT molecular complexity index is 1000. The van der Waals surface area contributed by atoms with E-state index < -0.39 is 11.2 Å². The van der Waals surface area contributed by atoms with E-state index in [0.717, 1.165) is 50.6 Å². The minimum absolute atomic E-state index is 0.0517. The van der Waals surface area contributed by atoms with Crippen molar-refractivity contribution in [2.24, 2.45) is 0 Å². The Kier molecular flexibility index (Phi) is 8.46. The number of carbonyl (C=O) groups is 1. The van der Waals surface area contributed by atoms with Gasteiger partial charge in [0.1, 0.15) is 5.82 Å². The molecule has 3 rings (SSSR count). The van der Waals surface area contributed by atoms with Gasteiger partial charge in [0.15, 0.2) is 10.8 Å². The molecule has 10 nitrogen and oxygen atoms in total. The van der Waals surface area contributed by atoms with E-state index in [1.165, 1.54) is 9.47 Å². The molecule has 1 saturated heterocycles. The Labute approximate surface area is 191 Å². The number of nitrogens with two attached hydrogens (primary N) is 1. The van der Waals surface area contributed by atoms with Crippen molar-refractivity contribution in [2.45, 2.75) is 46.1 Å². The zero-order valence-electron chi connectivity index (χ0n) is 18.9. The van der Waals surface area contributed by atoms with Gasteiger partial charge in [0.25, 0.3) is 5.56 Å². The highest BCUT2D eigenvalue weighted by Gasteiger charge is 2.26. The van der Waals surface area contributed by atoms with E-state index in [4.69, 9.17) is 5.73 Å². The van der Waals surface area contributed by atoms with Crippen LogP contribution in [-0.4, -0.2) is 64.6 Å². The maximum absolute atomic E-state index is 13.4. The number of aromatic amines is 1. The number of nitrogens with zero attached hydrogens (tertiary/aromatic N) is 5. The first-order valence-electron chi connectivity index (χ1n) is 11.3. The van der Waals surface area contributed by atoms with Crippen molar-refractivity contribution in [3.8, 4) is 0 Å². The maximum atomic E-state index is 13.4. The fourth-order valence-electron chi connectivity index (χ4n) is 3.93. The fraction of sp³-hybridized carbons (Fsp3) is 0.619. The number of hydrogen-bond acceptors (Lipinski definition) is 8. The second kappa shape index (κ2) is 11.3. The zero-order chi connectivity index (χ0) is 23.1. The lowest BCUT2D eigenvalue weighted by molar-refractivity contribution is -0.119. The monoisotopic (exact) mass is 463 g/mol. The molecule has 32 heavy (non-hydrogen) atoms. The normalized spacial score (nSPS) is 15.0. The van der Waals surface area contributed by atoms with Gasteiger partial charge in [0.05, 0.1) is 6.54 Å². The Hall–Kier alpha value is -2.66. The summed E-state index contributed by atoms with van der Waals surface area (Å²) >= 11 is 1.62. The summed E-state index contributed by atoms with van der Waals surface area (Å²) in [7, 11) is 0. The number of anilines is 3. The first-order chi connectivity index (χ1) is 15.5. The Morgan fingerprint density at radius 1 is 1.22 bits per heavy atom. The molecule has 0 spiro atoms. The minimum Gasteiger partial charge on any atom is -0.383 e. The van der Waals surface area contributed by atoms with Gasteiger partial charge in [-0.15, -0.1) is 11.3 Å². The first-order valence-corrected chi connectivity index (χ1v) is 12.1. The molecule has 1 amide bonds. The van der Waals surface area contributed by atoms with Crippen LogP contribution in [0.3, 0.4) is 0 Å². The van der Waals surface area contributed by atoms with E-state index in [0.29, 0.717) is 19.5 Å². The number of carbonyl (C=O) groups excluding carboxylic acids is 1. The predicted molar refractivity (Wildman–Crippen MR) is 129 cm³/mol. The van der Waals surface area contributed by atoms with Crippen molar-refractivity contribution in [1.82, 2.24) is 19.4 Å². The van der Waals surface area contributed by atoms with Crippen molar-refractivity contribution in [3.63, 3.8) is 0 Å². The number of H-pyrrole nitrogens is 1. The van der Waals surface area contributed by atoms with Gasteiger partial charge < -0.3 is 15.5 Å². The topological polar surface area (TPSA) is 121 Å². The van der Waals surface area contributed by atoms with Gasteiger partial charge in [0, 0.05) is 50.8 Å². The van der Waals surface area contributed by atoms with E-state index in [2.05, 4.69) is 19.8 Å². The summed E-state index contributed by atoms with van der Waals surface area (Å²) in [6.07, 6.45) is 5.00. The Balaban J connectivity index is 1.79. The highest BCUT2D eigenvalue weighted by molar-refractivity contribution is 7.13. The molecular weight excluding hydrogens is 430 g/mol. The largest absolute Gasteiger partial charge is 0.383 e. The Morgan fingerprint density at radius 2 is 2.03 bits per heavy atom. The van der Waals surface area contributed by atoms with Crippen LogP contribution in [0.4, 0.5) is 16.6 Å². The molecule has 2 aromatic rings.